The molecule has 0 atom stereocenters. The Morgan fingerprint density at radius 2 is 1.96 bits per heavy atom. The Morgan fingerprint density at radius 3 is 2.70 bits per heavy atom. The zero-order valence-electron chi connectivity index (χ0n) is 14.6. The fourth-order valence-electron chi connectivity index (χ4n) is 3.28. The van der Waals surface area contributed by atoms with Crippen LogP contribution in [-0.4, -0.2) is 39.1 Å². The van der Waals surface area contributed by atoms with Crippen molar-refractivity contribution >= 4 is 33.7 Å². The van der Waals surface area contributed by atoms with Crippen LogP contribution in [0.1, 0.15) is 15.9 Å². The average Bonchev–Trinajstić information content (AvgIpc) is 3.06. The Labute approximate surface area is 155 Å². The molecule has 0 saturated heterocycles. The maximum Gasteiger partial charge on any atom is 0.248 e. The van der Waals surface area contributed by atoms with Gasteiger partial charge in [-0.1, -0.05) is 30.3 Å². The Morgan fingerprint density at radius 1 is 1.15 bits per heavy atom. The van der Waals surface area contributed by atoms with E-state index in [-0.39, 0.29) is 6.61 Å². The van der Waals surface area contributed by atoms with Crippen molar-refractivity contribution < 1.29 is 9.90 Å². The van der Waals surface area contributed by atoms with E-state index in [2.05, 4.69) is 15.0 Å². The maximum atomic E-state index is 11.6. The second-order valence-corrected chi connectivity index (χ2v) is 6.30. The summed E-state index contributed by atoms with van der Waals surface area (Å²) >= 11 is 0. The number of nitrogens with zero attached hydrogens (tertiary/aromatic N) is 3. The van der Waals surface area contributed by atoms with Gasteiger partial charge in [-0.05, 0) is 23.8 Å². The summed E-state index contributed by atoms with van der Waals surface area (Å²) in [6, 6.07) is 15.2. The number of fused-ring (bicyclic) bond motifs is 3. The van der Waals surface area contributed by atoms with Crippen molar-refractivity contribution in [1.82, 2.24) is 15.0 Å². The molecule has 0 aliphatic carbocycles. The van der Waals surface area contributed by atoms with E-state index in [1.54, 1.807) is 12.1 Å². The zero-order valence-corrected chi connectivity index (χ0v) is 14.6. The zero-order chi connectivity index (χ0) is 18.8. The summed E-state index contributed by atoms with van der Waals surface area (Å²) in [5.74, 6) is 0.215. The minimum atomic E-state index is -0.485. The second-order valence-electron chi connectivity index (χ2n) is 6.30. The van der Waals surface area contributed by atoms with Gasteiger partial charge >= 0.3 is 0 Å². The van der Waals surface area contributed by atoms with Crippen molar-refractivity contribution in [3.05, 3.63) is 66.0 Å². The summed E-state index contributed by atoms with van der Waals surface area (Å²) in [7, 11) is 0. The molecular weight excluding hydrogens is 342 g/mol. The van der Waals surface area contributed by atoms with Gasteiger partial charge in [-0.25, -0.2) is 9.97 Å². The van der Waals surface area contributed by atoms with Crippen LogP contribution in [0.15, 0.2) is 54.9 Å². The largest absolute Gasteiger partial charge is 0.395 e. The topological polar surface area (TPSA) is 108 Å². The number of H-pyrrole nitrogens is 1. The highest BCUT2D eigenvalue weighted by Crippen LogP contribution is 2.32. The number of rotatable bonds is 6. The summed E-state index contributed by atoms with van der Waals surface area (Å²) in [6.07, 6.45) is 1.50. The second kappa shape index (κ2) is 7.05. The number of hydrogen-bond donors (Lipinski definition) is 3. The van der Waals surface area contributed by atoms with Crippen LogP contribution >= 0.6 is 0 Å². The van der Waals surface area contributed by atoms with Gasteiger partial charge < -0.3 is 20.7 Å². The van der Waals surface area contributed by atoms with Crippen molar-refractivity contribution in [3.63, 3.8) is 0 Å². The molecule has 2 aromatic carbocycles. The van der Waals surface area contributed by atoms with E-state index < -0.39 is 5.91 Å². The van der Waals surface area contributed by atoms with Gasteiger partial charge in [-0.2, -0.15) is 0 Å². The Bertz CT molecular complexity index is 1110. The number of nitrogens with one attached hydrogen (secondary N) is 1. The summed E-state index contributed by atoms with van der Waals surface area (Å²) < 4.78 is 0. The maximum absolute atomic E-state index is 11.6. The van der Waals surface area contributed by atoms with E-state index in [1.165, 1.54) is 6.33 Å². The molecule has 2 aromatic heterocycles. The molecule has 0 bridgehead atoms. The molecule has 0 aliphatic heterocycles. The first kappa shape index (κ1) is 17.0. The molecule has 0 unspecified atom stereocenters. The van der Waals surface area contributed by atoms with Crippen LogP contribution < -0.4 is 10.6 Å². The van der Waals surface area contributed by atoms with Gasteiger partial charge in [0.2, 0.25) is 5.91 Å². The first-order valence-electron chi connectivity index (χ1n) is 8.63. The predicted octanol–water partition coefficient (Wildman–Crippen LogP) is 2.21. The summed E-state index contributed by atoms with van der Waals surface area (Å²) in [4.78, 5) is 25.7. The average molecular weight is 361 g/mol. The number of benzene rings is 2. The highest BCUT2D eigenvalue weighted by molar-refractivity contribution is 6.13. The lowest BCUT2D eigenvalue weighted by Gasteiger charge is -2.23. The first-order chi connectivity index (χ1) is 13.2. The molecule has 0 spiro atoms. The van der Waals surface area contributed by atoms with Crippen LogP contribution in [0.2, 0.25) is 0 Å². The van der Waals surface area contributed by atoms with E-state index in [4.69, 9.17) is 5.73 Å². The number of aliphatic hydroxyl groups is 1. The summed E-state index contributed by atoms with van der Waals surface area (Å²) in [5, 5.41) is 11.2. The number of nitrogens with two attached hydrogens (primary N) is 1. The highest BCUT2D eigenvalue weighted by Gasteiger charge is 2.17. The smallest absolute Gasteiger partial charge is 0.248 e. The van der Waals surface area contributed by atoms with Gasteiger partial charge in [0, 0.05) is 29.6 Å². The van der Waals surface area contributed by atoms with E-state index in [9.17, 15) is 9.90 Å². The standard InChI is InChI=1S/C20H19N5O2/c21-18(27)14-6-7-16-15(10-14)17-19(24-16)22-12-23-20(17)25(8-9-26)11-13-4-2-1-3-5-13/h1-7,10,12,26H,8-9,11H2,(H2,21,27)(H,22,23,24). The van der Waals surface area contributed by atoms with Crippen molar-refractivity contribution in [1.29, 1.82) is 0 Å². The van der Waals surface area contributed by atoms with Crippen molar-refractivity contribution in [2.75, 3.05) is 18.1 Å². The fraction of sp³-hybridized carbons (Fsp3) is 0.150. The third kappa shape index (κ3) is 3.20. The van der Waals surface area contributed by atoms with Crippen LogP contribution in [0.4, 0.5) is 5.82 Å². The van der Waals surface area contributed by atoms with Crippen LogP contribution in [0.25, 0.3) is 21.9 Å². The van der Waals surface area contributed by atoms with E-state index in [0.717, 1.165) is 21.9 Å². The third-order valence-electron chi connectivity index (χ3n) is 4.54. The van der Waals surface area contributed by atoms with Gasteiger partial charge in [-0.15, -0.1) is 0 Å². The Kier molecular flexibility index (Phi) is 4.43. The summed E-state index contributed by atoms with van der Waals surface area (Å²) in [6.45, 7) is 1.01. The van der Waals surface area contributed by atoms with E-state index in [1.807, 2.05) is 41.3 Å². The molecular formula is C20H19N5O2. The normalized spacial score (nSPS) is 11.1. The van der Waals surface area contributed by atoms with Crippen LogP contribution in [-0.2, 0) is 6.54 Å². The minimum Gasteiger partial charge on any atom is -0.395 e. The lowest BCUT2D eigenvalue weighted by atomic mass is 10.1. The van der Waals surface area contributed by atoms with Crippen molar-refractivity contribution in [2.24, 2.45) is 5.73 Å². The molecule has 2 heterocycles. The predicted molar refractivity (Wildman–Crippen MR) is 104 cm³/mol. The molecule has 0 radical (unpaired) electrons. The monoisotopic (exact) mass is 361 g/mol. The first-order valence-corrected chi connectivity index (χ1v) is 8.63. The fourth-order valence-corrected chi connectivity index (χ4v) is 3.28. The minimum absolute atomic E-state index is 0.00673. The Balaban J connectivity index is 1.89. The van der Waals surface area contributed by atoms with Crippen molar-refractivity contribution in [2.45, 2.75) is 6.54 Å². The number of primary amides is 1. The van der Waals surface area contributed by atoms with Gasteiger partial charge in [0.25, 0.3) is 0 Å². The van der Waals surface area contributed by atoms with Gasteiger partial charge in [0.15, 0.2) is 0 Å². The molecule has 1 amide bonds. The van der Waals surface area contributed by atoms with Crippen LogP contribution in [0.5, 0.6) is 0 Å². The Hall–Kier alpha value is -3.45. The number of aromatic nitrogens is 3. The molecule has 4 rings (SSSR count). The number of aromatic amines is 1. The number of aliphatic hydroxyl groups excluding tert-OH is 1. The molecule has 0 saturated carbocycles. The molecule has 4 aromatic rings. The molecule has 7 nitrogen and oxygen atoms in total. The highest BCUT2D eigenvalue weighted by atomic mass is 16.3. The lowest BCUT2D eigenvalue weighted by molar-refractivity contribution is 0.100. The van der Waals surface area contributed by atoms with E-state index in [0.29, 0.717) is 30.1 Å². The molecule has 27 heavy (non-hydrogen) atoms. The van der Waals surface area contributed by atoms with Gasteiger partial charge in [0.1, 0.15) is 17.8 Å². The molecule has 7 heteroatoms. The van der Waals surface area contributed by atoms with Crippen LogP contribution in [0, 0.1) is 0 Å². The number of amides is 1. The molecule has 4 N–H and O–H groups in total. The number of carbonyl (C=O) groups is 1. The quantitative estimate of drug-likeness (QED) is 0.488. The van der Waals surface area contributed by atoms with Crippen molar-refractivity contribution in [3.8, 4) is 0 Å². The molecule has 136 valence electrons. The van der Waals surface area contributed by atoms with Gasteiger partial charge in [-0.3, -0.25) is 4.79 Å². The van der Waals surface area contributed by atoms with E-state index >= 15 is 0 Å². The third-order valence-corrected chi connectivity index (χ3v) is 4.54. The van der Waals surface area contributed by atoms with Gasteiger partial charge in [0.05, 0.1) is 12.0 Å². The number of hydrogen-bond acceptors (Lipinski definition) is 5. The van der Waals surface area contributed by atoms with Crippen LogP contribution in [0.3, 0.4) is 0 Å². The number of carbonyl (C=O) groups excluding carboxylic acids is 1. The summed E-state index contributed by atoms with van der Waals surface area (Å²) in [5.41, 5.74) is 8.50. The lowest BCUT2D eigenvalue weighted by Crippen LogP contribution is -2.27. The molecule has 0 fully saturated rings. The number of anilines is 1. The molecule has 0 aliphatic rings. The SMILES string of the molecule is NC(=O)c1ccc2[nH]c3ncnc(N(CCO)Cc4ccccc4)c3c2c1.